The summed E-state index contributed by atoms with van der Waals surface area (Å²) < 4.78 is 39.2. The number of nitrogens with zero attached hydrogens (tertiary/aromatic N) is 2. The summed E-state index contributed by atoms with van der Waals surface area (Å²) in [7, 11) is 1.86. The molecule has 1 aromatic heterocycles. The standard InChI is InChI=1S/C15H18F3N3/c1-10(14-9-21(3)20-11(14)2)19-8-12-4-6-13(7-5-12)15(16,17)18/h4-7,9-10,19H,8H2,1-3H3. The molecule has 0 bridgehead atoms. The lowest BCUT2D eigenvalue weighted by Gasteiger charge is -2.14. The molecule has 1 unspecified atom stereocenters. The molecular formula is C15H18F3N3. The van der Waals surface area contributed by atoms with E-state index in [-0.39, 0.29) is 6.04 Å². The summed E-state index contributed by atoms with van der Waals surface area (Å²) >= 11 is 0. The van der Waals surface area contributed by atoms with Gasteiger partial charge in [0.05, 0.1) is 11.3 Å². The van der Waals surface area contributed by atoms with E-state index in [1.165, 1.54) is 12.1 Å². The van der Waals surface area contributed by atoms with Crippen LogP contribution in [0.1, 0.15) is 35.3 Å². The second-order valence-corrected chi connectivity index (χ2v) is 5.14. The molecule has 114 valence electrons. The fourth-order valence-electron chi connectivity index (χ4n) is 2.24. The number of halogens is 3. The largest absolute Gasteiger partial charge is 0.416 e. The Balaban J connectivity index is 1.98. The summed E-state index contributed by atoms with van der Waals surface area (Å²) in [5.41, 5.74) is 2.23. The molecule has 1 heterocycles. The van der Waals surface area contributed by atoms with Crippen molar-refractivity contribution in [1.29, 1.82) is 0 Å². The van der Waals surface area contributed by atoms with Gasteiger partial charge in [-0.25, -0.2) is 0 Å². The topological polar surface area (TPSA) is 29.9 Å². The molecule has 1 atom stereocenters. The zero-order valence-electron chi connectivity index (χ0n) is 12.2. The van der Waals surface area contributed by atoms with Gasteiger partial charge in [0.15, 0.2) is 0 Å². The Morgan fingerprint density at radius 1 is 1.24 bits per heavy atom. The lowest BCUT2D eigenvalue weighted by atomic mass is 10.1. The SMILES string of the molecule is Cc1nn(C)cc1C(C)NCc1ccc(C(F)(F)F)cc1. The van der Waals surface area contributed by atoms with Gasteiger partial charge in [-0.3, -0.25) is 4.68 Å². The van der Waals surface area contributed by atoms with E-state index in [4.69, 9.17) is 0 Å². The predicted octanol–water partition coefficient (Wildman–Crippen LogP) is 3.60. The third-order valence-electron chi connectivity index (χ3n) is 3.41. The second-order valence-electron chi connectivity index (χ2n) is 5.14. The van der Waals surface area contributed by atoms with E-state index in [1.54, 1.807) is 4.68 Å². The maximum atomic E-state index is 12.5. The summed E-state index contributed by atoms with van der Waals surface area (Å²) in [6, 6.07) is 5.30. The maximum absolute atomic E-state index is 12.5. The van der Waals surface area contributed by atoms with Gasteiger partial charge in [0.25, 0.3) is 0 Å². The fraction of sp³-hybridized carbons (Fsp3) is 0.400. The lowest BCUT2D eigenvalue weighted by Crippen LogP contribution is -2.18. The first-order valence-electron chi connectivity index (χ1n) is 6.67. The van der Waals surface area contributed by atoms with Gasteiger partial charge in [0, 0.05) is 31.4 Å². The van der Waals surface area contributed by atoms with Crippen molar-refractivity contribution in [2.75, 3.05) is 0 Å². The molecule has 0 aliphatic carbocycles. The third kappa shape index (κ3) is 3.85. The third-order valence-corrected chi connectivity index (χ3v) is 3.41. The lowest BCUT2D eigenvalue weighted by molar-refractivity contribution is -0.137. The molecular weight excluding hydrogens is 279 g/mol. The molecule has 0 saturated heterocycles. The van der Waals surface area contributed by atoms with Crippen molar-refractivity contribution in [3.8, 4) is 0 Å². The molecule has 0 aliphatic heterocycles. The van der Waals surface area contributed by atoms with Crippen molar-refractivity contribution in [3.63, 3.8) is 0 Å². The molecule has 21 heavy (non-hydrogen) atoms. The van der Waals surface area contributed by atoms with Crippen LogP contribution < -0.4 is 5.32 Å². The Morgan fingerprint density at radius 2 is 1.86 bits per heavy atom. The molecule has 3 nitrogen and oxygen atoms in total. The molecule has 2 rings (SSSR count). The average molecular weight is 297 g/mol. The van der Waals surface area contributed by atoms with Crippen molar-refractivity contribution >= 4 is 0 Å². The number of aryl methyl sites for hydroxylation is 2. The highest BCUT2D eigenvalue weighted by molar-refractivity contribution is 5.25. The van der Waals surface area contributed by atoms with Crippen LogP contribution in [0.25, 0.3) is 0 Å². The highest BCUT2D eigenvalue weighted by Crippen LogP contribution is 2.29. The smallest absolute Gasteiger partial charge is 0.306 e. The van der Waals surface area contributed by atoms with Crippen molar-refractivity contribution in [2.45, 2.75) is 32.6 Å². The van der Waals surface area contributed by atoms with Crippen LogP contribution in [0.5, 0.6) is 0 Å². The molecule has 0 saturated carbocycles. The van der Waals surface area contributed by atoms with Gasteiger partial charge in [-0.1, -0.05) is 12.1 Å². The minimum Gasteiger partial charge on any atom is -0.306 e. The first-order valence-corrected chi connectivity index (χ1v) is 6.67. The number of nitrogens with one attached hydrogen (secondary N) is 1. The quantitative estimate of drug-likeness (QED) is 0.934. The highest BCUT2D eigenvalue weighted by Gasteiger charge is 2.29. The van der Waals surface area contributed by atoms with Crippen LogP contribution in [-0.2, 0) is 19.8 Å². The first-order chi connectivity index (χ1) is 9.77. The van der Waals surface area contributed by atoms with E-state index in [0.29, 0.717) is 6.54 Å². The van der Waals surface area contributed by atoms with Crippen LogP contribution in [0.2, 0.25) is 0 Å². The van der Waals surface area contributed by atoms with Gasteiger partial charge in [-0.05, 0) is 31.5 Å². The monoisotopic (exact) mass is 297 g/mol. The summed E-state index contributed by atoms with van der Waals surface area (Å²) in [4.78, 5) is 0. The van der Waals surface area contributed by atoms with Gasteiger partial charge in [0.1, 0.15) is 0 Å². The van der Waals surface area contributed by atoms with Crippen molar-refractivity contribution in [1.82, 2.24) is 15.1 Å². The molecule has 6 heteroatoms. The zero-order valence-corrected chi connectivity index (χ0v) is 12.2. The van der Waals surface area contributed by atoms with Crippen LogP contribution in [0, 0.1) is 6.92 Å². The number of hydrogen-bond donors (Lipinski definition) is 1. The Hall–Kier alpha value is -1.82. The Kier molecular flexibility index (Phi) is 4.37. The summed E-state index contributed by atoms with van der Waals surface area (Å²) in [5, 5.41) is 7.57. The minimum absolute atomic E-state index is 0.0843. The Bertz CT molecular complexity index is 600. The number of aromatic nitrogens is 2. The molecule has 0 radical (unpaired) electrons. The number of alkyl halides is 3. The van der Waals surface area contributed by atoms with Gasteiger partial charge < -0.3 is 5.32 Å². The van der Waals surface area contributed by atoms with Crippen molar-refractivity contribution in [3.05, 3.63) is 52.8 Å². The Morgan fingerprint density at radius 3 is 2.33 bits per heavy atom. The van der Waals surface area contributed by atoms with Gasteiger partial charge in [0.2, 0.25) is 0 Å². The van der Waals surface area contributed by atoms with Crippen molar-refractivity contribution < 1.29 is 13.2 Å². The van der Waals surface area contributed by atoms with Gasteiger partial charge >= 0.3 is 6.18 Å². The molecule has 0 amide bonds. The summed E-state index contributed by atoms with van der Waals surface area (Å²) in [6.07, 6.45) is -2.34. The molecule has 1 N–H and O–H groups in total. The van der Waals surface area contributed by atoms with Crippen LogP contribution in [0.3, 0.4) is 0 Å². The zero-order chi connectivity index (χ0) is 15.6. The van der Waals surface area contributed by atoms with E-state index >= 15 is 0 Å². The molecule has 1 aromatic carbocycles. The fourth-order valence-corrected chi connectivity index (χ4v) is 2.24. The van der Waals surface area contributed by atoms with E-state index in [1.807, 2.05) is 27.1 Å². The maximum Gasteiger partial charge on any atom is 0.416 e. The van der Waals surface area contributed by atoms with Crippen LogP contribution in [0.4, 0.5) is 13.2 Å². The molecule has 2 aromatic rings. The van der Waals surface area contributed by atoms with Crippen LogP contribution >= 0.6 is 0 Å². The van der Waals surface area contributed by atoms with E-state index in [9.17, 15) is 13.2 Å². The van der Waals surface area contributed by atoms with Crippen LogP contribution in [-0.4, -0.2) is 9.78 Å². The molecule has 0 aliphatic rings. The predicted molar refractivity (Wildman–Crippen MR) is 74.6 cm³/mol. The highest BCUT2D eigenvalue weighted by atomic mass is 19.4. The van der Waals surface area contributed by atoms with E-state index < -0.39 is 11.7 Å². The first kappa shape index (κ1) is 15.6. The van der Waals surface area contributed by atoms with E-state index in [2.05, 4.69) is 10.4 Å². The minimum atomic E-state index is -4.29. The number of hydrogen-bond acceptors (Lipinski definition) is 2. The van der Waals surface area contributed by atoms with Crippen LogP contribution in [0.15, 0.2) is 30.5 Å². The van der Waals surface area contributed by atoms with Gasteiger partial charge in [-0.2, -0.15) is 18.3 Å². The second kappa shape index (κ2) is 5.89. The van der Waals surface area contributed by atoms with E-state index in [0.717, 1.165) is 29.0 Å². The summed E-state index contributed by atoms with van der Waals surface area (Å²) in [6.45, 7) is 4.45. The van der Waals surface area contributed by atoms with Gasteiger partial charge in [-0.15, -0.1) is 0 Å². The Labute approximate surface area is 121 Å². The summed E-state index contributed by atoms with van der Waals surface area (Å²) in [5.74, 6) is 0. The van der Waals surface area contributed by atoms with Crippen molar-refractivity contribution in [2.24, 2.45) is 7.05 Å². The number of rotatable bonds is 4. The molecule has 0 fully saturated rings. The normalized spacial score (nSPS) is 13.4. The number of benzene rings is 1. The average Bonchev–Trinajstić information content (AvgIpc) is 2.74. The molecule has 0 spiro atoms.